The molecule has 6 nitrogen and oxygen atoms in total. The highest BCUT2D eigenvalue weighted by Crippen LogP contribution is 2.14. The predicted molar refractivity (Wildman–Crippen MR) is 99.7 cm³/mol. The molecule has 0 aliphatic carbocycles. The van der Waals surface area contributed by atoms with Crippen LogP contribution in [0.4, 0.5) is 0 Å². The first kappa shape index (κ1) is 18.4. The Labute approximate surface area is 153 Å². The van der Waals surface area contributed by atoms with Gasteiger partial charge in [-0.25, -0.2) is 8.42 Å². The summed E-state index contributed by atoms with van der Waals surface area (Å²) in [6, 6.07) is 12.8. The summed E-state index contributed by atoms with van der Waals surface area (Å²) >= 11 is 0. The molecule has 0 bridgehead atoms. The molecule has 1 aromatic carbocycles. The lowest BCUT2D eigenvalue weighted by Gasteiger charge is -2.33. The van der Waals surface area contributed by atoms with Crippen molar-refractivity contribution < 1.29 is 17.6 Å². The fourth-order valence-corrected chi connectivity index (χ4v) is 4.38. The van der Waals surface area contributed by atoms with E-state index in [4.69, 9.17) is 4.42 Å². The van der Waals surface area contributed by atoms with E-state index in [0.717, 1.165) is 11.3 Å². The minimum absolute atomic E-state index is 0.0144. The van der Waals surface area contributed by atoms with Gasteiger partial charge >= 0.3 is 0 Å². The Balaban J connectivity index is 1.55. The van der Waals surface area contributed by atoms with Crippen molar-refractivity contribution in [2.45, 2.75) is 12.7 Å². The number of hydrogen-bond donors (Lipinski definition) is 0. The standard InChI is InChI=1S/C19H22N2O4S/c1-16-7-8-18(25-16)9-10-19(22)20-11-13-21(14-12-20)26(23,24)15-17-5-3-2-4-6-17/h2-10H,11-15H2,1H3. The minimum atomic E-state index is -3.38. The number of hydrogen-bond acceptors (Lipinski definition) is 4. The van der Waals surface area contributed by atoms with E-state index in [9.17, 15) is 13.2 Å². The maximum atomic E-state index is 12.5. The summed E-state index contributed by atoms with van der Waals surface area (Å²) < 4.78 is 31.9. The molecule has 0 N–H and O–H groups in total. The molecule has 2 aromatic rings. The number of benzene rings is 1. The maximum absolute atomic E-state index is 12.5. The largest absolute Gasteiger partial charge is 0.462 e. The first-order valence-electron chi connectivity index (χ1n) is 8.49. The van der Waals surface area contributed by atoms with Crippen LogP contribution in [0.3, 0.4) is 0 Å². The second-order valence-corrected chi connectivity index (χ2v) is 8.22. The molecule has 1 fully saturated rings. The van der Waals surface area contributed by atoms with Crippen molar-refractivity contribution in [1.82, 2.24) is 9.21 Å². The smallest absolute Gasteiger partial charge is 0.246 e. The highest BCUT2D eigenvalue weighted by Gasteiger charge is 2.28. The van der Waals surface area contributed by atoms with E-state index >= 15 is 0 Å². The van der Waals surface area contributed by atoms with Gasteiger partial charge in [-0.05, 0) is 30.7 Å². The molecule has 26 heavy (non-hydrogen) atoms. The summed E-state index contributed by atoms with van der Waals surface area (Å²) in [5.74, 6) is 1.26. The van der Waals surface area contributed by atoms with Crippen molar-refractivity contribution in [3.63, 3.8) is 0 Å². The van der Waals surface area contributed by atoms with Crippen molar-refractivity contribution in [3.8, 4) is 0 Å². The maximum Gasteiger partial charge on any atom is 0.246 e. The molecule has 0 spiro atoms. The van der Waals surface area contributed by atoms with E-state index in [1.165, 1.54) is 10.4 Å². The number of amides is 1. The summed E-state index contributed by atoms with van der Waals surface area (Å²) in [7, 11) is -3.38. The van der Waals surface area contributed by atoms with Gasteiger partial charge in [-0.1, -0.05) is 30.3 Å². The summed E-state index contributed by atoms with van der Waals surface area (Å²) in [4.78, 5) is 13.9. The average molecular weight is 374 g/mol. The Bertz CT molecular complexity index is 879. The number of carbonyl (C=O) groups is 1. The van der Waals surface area contributed by atoms with Gasteiger partial charge in [0.05, 0.1) is 5.75 Å². The van der Waals surface area contributed by atoms with Crippen LogP contribution in [-0.2, 0) is 20.6 Å². The van der Waals surface area contributed by atoms with Gasteiger partial charge in [0.15, 0.2) is 0 Å². The van der Waals surface area contributed by atoms with Crippen molar-refractivity contribution in [1.29, 1.82) is 0 Å². The first-order chi connectivity index (χ1) is 12.4. The average Bonchev–Trinajstić information content (AvgIpc) is 3.05. The molecule has 1 aliphatic heterocycles. The number of carbonyl (C=O) groups excluding carboxylic acids is 1. The lowest BCUT2D eigenvalue weighted by molar-refractivity contribution is -0.127. The number of rotatable bonds is 5. The van der Waals surface area contributed by atoms with E-state index < -0.39 is 10.0 Å². The Hall–Kier alpha value is -2.38. The number of furan rings is 1. The molecule has 0 radical (unpaired) electrons. The van der Waals surface area contributed by atoms with Crippen LogP contribution in [0, 0.1) is 6.92 Å². The number of piperazine rings is 1. The van der Waals surface area contributed by atoms with Crippen molar-refractivity contribution >= 4 is 22.0 Å². The highest BCUT2D eigenvalue weighted by molar-refractivity contribution is 7.88. The molecule has 1 amide bonds. The van der Waals surface area contributed by atoms with Crippen LogP contribution >= 0.6 is 0 Å². The summed E-state index contributed by atoms with van der Waals surface area (Å²) in [6.45, 7) is 3.24. The van der Waals surface area contributed by atoms with E-state index in [-0.39, 0.29) is 11.7 Å². The molecular formula is C19H22N2O4S. The fraction of sp³-hybridized carbons (Fsp3) is 0.316. The highest BCUT2D eigenvalue weighted by atomic mass is 32.2. The number of aryl methyl sites for hydroxylation is 1. The monoisotopic (exact) mass is 374 g/mol. The van der Waals surface area contributed by atoms with Gasteiger partial charge in [0.1, 0.15) is 11.5 Å². The Kier molecular flexibility index (Phi) is 5.58. The molecule has 1 aliphatic rings. The van der Waals surface area contributed by atoms with E-state index in [0.29, 0.717) is 31.9 Å². The van der Waals surface area contributed by atoms with Gasteiger partial charge in [0.25, 0.3) is 0 Å². The van der Waals surface area contributed by atoms with Crippen LogP contribution in [-0.4, -0.2) is 49.7 Å². The first-order valence-corrected chi connectivity index (χ1v) is 10.1. The van der Waals surface area contributed by atoms with Gasteiger partial charge in [-0.3, -0.25) is 4.79 Å². The zero-order valence-corrected chi connectivity index (χ0v) is 15.5. The SMILES string of the molecule is Cc1ccc(C=CC(=O)N2CCN(S(=O)(=O)Cc3ccccc3)CC2)o1. The molecule has 7 heteroatoms. The molecule has 2 heterocycles. The van der Waals surface area contributed by atoms with Gasteiger partial charge in [-0.15, -0.1) is 0 Å². The Morgan fingerprint density at radius 3 is 2.38 bits per heavy atom. The normalized spacial score (nSPS) is 16.3. The lowest BCUT2D eigenvalue weighted by atomic mass is 10.2. The van der Waals surface area contributed by atoms with Gasteiger partial charge in [0.2, 0.25) is 15.9 Å². The summed E-state index contributed by atoms with van der Waals surface area (Å²) in [5, 5.41) is 0. The van der Waals surface area contributed by atoms with Crippen LogP contribution in [0.25, 0.3) is 6.08 Å². The van der Waals surface area contributed by atoms with Crippen LogP contribution in [0.1, 0.15) is 17.1 Å². The topological polar surface area (TPSA) is 70.8 Å². The van der Waals surface area contributed by atoms with Crippen molar-refractivity contribution in [2.24, 2.45) is 0 Å². The summed E-state index contributed by atoms with van der Waals surface area (Å²) in [5.41, 5.74) is 0.766. The predicted octanol–water partition coefficient (Wildman–Crippen LogP) is 2.28. The quantitative estimate of drug-likeness (QED) is 0.753. The molecule has 1 aromatic heterocycles. The molecule has 1 saturated heterocycles. The third kappa shape index (κ3) is 4.62. The van der Waals surface area contributed by atoms with Crippen LogP contribution in [0.15, 0.2) is 53.0 Å². The third-order valence-electron chi connectivity index (χ3n) is 4.29. The van der Waals surface area contributed by atoms with Gasteiger partial charge in [-0.2, -0.15) is 4.31 Å². The Morgan fingerprint density at radius 2 is 1.77 bits per heavy atom. The third-order valence-corrected chi connectivity index (χ3v) is 6.14. The second kappa shape index (κ2) is 7.88. The molecule has 0 unspecified atom stereocenters. The van der Waals surface area contributed by atoms with Crippen LogP contribution in [0.2, 0.25) is 0 Å². The molecule has 3 rings (SSSR count). The fourth-order valence-electron chi connectivity index (χ4n) is 2.86. The van der Waals surface area contributed by atoms with Gasteiger partial charge in [0, 0.05) is 32.3 Å². The van der Waals surface area contributed by atoms with E-state index in [1.54, 1.807) is 29.2 Å². The minimum Gasteiger partial charge on any atom is -0.462 e. The zero-order chi connectivity index (χ0) is 18.6. The van der Waals surface area contributed by atoms with Crippen LogP contribution in [0.5, 0.6) is 0 Å². The number of nitrogens with zero attached hydrogens (tertiary/aromatic N) is 2. The molecule has 138 valence electrons. The van der Waals surface area contributed by atoms with E-state index in [1.807, 2.05) is 31.2 Å². The van der Waals surface area contributed by atoms with Crippen molar-refractivity contribution in [2.75, 3.05) is 26.2 Å². The lowest BCUT2D eigenvalue weighted by Crippen LogP contribution is -2.50. The zero-order valence-electron chi connectivity index (χ0n) is 14.7. The van der Waals surface area contributed by atoms with E-state index in [2.05, 4.69) is 0 Å². The number of sulfonamides is 1. The van der Waals surface area contributed by atoms with Gasteiger partial charge < -0.3 is 9.32 Å². The molecule has 0 saturated carbocycles. The van der Waals surface area contributed by atoms with Crippen molar-refractivity contribution in [3.05, 3.63) is 65.6 Å². The Morgan fingerprint density at radius 1 is 1.08 bits per heavy atom. The summed E-state index contributed by atoms with van der Waals surface area (Å²) in [6.07, 6.45) is 3.10. The molecular weight excluding hydrogens is 352 g/mol. The second-order valence-electron chi connectivity index (χ2n) is 6.25. The van der Waals surface area contributed by atoms with Crippen LogP contribution < -0.4 is 0 Å². The molecule has 0 atom stereocenters.